The summed E-state index contributed by atoms with van der Waals surface area (Å²) in [4.78, 5) is 22.8. The van der Waals surface area contributed by atoms with Crippen molar-refractivity contribution in [1.29, 1.82) is 0 Å². The van der Waals surface area contributed by atoms with Gasteiger partial charge in [-0.3, -0.25) is 15.5 Å². The van der Waals surface area contributed by atoms with Gasteiger partial charge in [-0.1, -0.05) is 0 Å². The number of halogens is 1. The maximum absolute atomic E-state index is 11.9. The standard InChI is InChI=1S/C12H14BrN3O4S/c1-3-20-9-5-4-7(6-8(9)13)10(17)14-11(21)15-16-12(18)19-2/h4-6H,3H2,1-2H3,(H,16,18)(H2,14,15,17,21). The lowest BCUT2D eigenvalue weighted by atomic mass is 10.2. The topological polar surface area (TPSA) is 88.7 Å². The van der Waals surface area contributed by atoms with Crippen molar-refractivity contribution < 1.29 is 19.1 Å². The number of methoxy groups -OCH3 is 1. The van der Waals surface area contributed by atoms with Gasteiger partial charge in [0.05, 0.1) is 18.2 Å². The number of hydrogen-bond acceptors (Lipinski definition) is 5. The van der Waals surface area contributed by atoms with E-state index in [1.165, 1.54) is 7.11 Å². The predicted octanol–water partition coefficient (Wildman–Crippen LogP) is 1.72. The number of hydrazine groups is 1. The molecule has 21 heavy (non-hydrogen) atoms. The number of nitrogens with one attached hydrogen (secondary N) is 3. The van der Waals surface area contributed by atoms with Crippen molar-refractivity contribution in [3.05, 3.63) is 28.2 Å². The van der Waals surface area contributed by atoms with Crippen molar-refractivity contribution in [3.8, 4) is 5.75 Å². The molecule has 0 aliphatic rings. The minimum atomic E-state index is -0.726. The first kappa shape index (κ1) is 17.2. The van der Waals surface area contributed by atoms with Crippen LogP contribution < -0.4 is 20.9 Å². The molecule has 0 bridgehead atoms. The van der Waals surface area contributed by atoms with Gasteiger partial charge in [-0.15, -0.1) is 0 Å². The van der Waals surface area contributed by atoms with Gasteiger partial charge in [-0.05, 0) is 53.3 Å². The molecule has 3 N–H and O–H groups in total. The Kier molecular flexibility index (Phi) is 6.89. The molecule has 1 rings (SSSR count). The van der Waals surface area contributed by atoms with Crippen molar-refractivity contribution in [2.45, 2.75) is 6.92 Å². The van der Waals surface area contributed by atoms with Gasteiger partial charge in [0.2, 0.25) is 0 Å². The van der Waals surface area contributed by atoms with Crippen LogP contribution >= 0.6 is 28.1 Å². The Hall–Kier alpha value is -1.87. The number of carbonyl (C=O) groups excluding carboxylic acids is 2. The summed E-state index contributed by atoms with van der Waals surface area (Å²) < 4.78 is 10.3. The first-order valence-electron chi connectivity index (χ1n) is 5.85. The minimum Gasteiger partial charge on any atom is -0.493 e. The lowest BCUT2D eigenvalue weighted by molar-refractivity contribution is 0.0975. The van der Waals surface area contributed by atoms with Crippen molar-refractivity contribution in [3.63, 3.8) is 0 Å². The predicted molar refractivity (Wildman–Crippen MR) is 84.1 cm³/mol. The van der Waals surface area contributed by atoms with E-state index < -0.39 is 12.0 Å². The molecule has 0 aliphatic carbocycles. The van der Waals surface area contributed by atoms with Crippen LogP contribution in [0.25, 0.3) is 0 Å². The van der Waals surface area contributed by atoms with E-state index in [0.29, 0.717) is 22.4 Å². The largest absolute Gasteiger partial charge is 0.493 e. The van der Waals surface area contributed by atoms with Gasteiger partial charge in [0.1, 0.15) is 5.75 Å². The monoisotopic (exact) mass is 375 g/mol. The molecule has 2 amide bonds. The van der Waals surface area contributed by atoms with Crippen LogP contribution in [0.1, 0.15) is 17.3 Å². The molecule has 0 atom stereocenters. The second-order valence-corrected chi connectivity index (χ2v) is 4.87. The second-order valence-electron chi connectivity index (χ2n) is 3.60. The summed E-state index contributed by atoms with van der Waals surface area (Å²) in [5.74, 6) is 0.213. The van der Waals surface area contributed by atoms with Crippen molar-refractivity contribution >= 4 is 45.3 Å². The van der Waals surface area contributed by atoms with E-state index in [1.54, 1.807) is 18.2 Å². The number of hydrogen-bond donors (Lipinski definition) is 3. The van der Waals surface area contributed by atoms with E-state index in [1.807, 2.05) is 6.92 Å². The Morgan fingerprint density at radius 1 is 1.33 bits per heavy atom. The van der Waals surface area contributed by atoms with Gasteiger partial charge >= 0.3 is 6.09 Å². The van der Waals surface area contributed by atoms with Crippen LogP contribution in [0.5, 0.6) is 5.75 Å². The molecule has 0 spiro atoms. The summed E-state index contributed by atoms with van der Waals surface area (Å²) in [5, 5.41) is 2.34. The molecule has 0 saturated heterocycles. The highest BCUT2D eigenvalue weighted by molar-refractivity contribution is 9.10. The van der Waals surface area contributed by atoms with Gasteiger partial charge in [-0.2, -0.15) is 0 Å². The first-order valence-corrected chi connectivity index (χ1v) is 7.05. The minimum absolute atomic E-state index is 0.0598. The smallest absolute Gasteiger partial charge is 0.425 e. The van der Waals surface area contributed by atoms with E-state index in [9.17, 15) is 9.59 Å². The molecule has 7 nitrogen and oxygen atoms in total. The number of amides is 2. The average Bonchev–Trinajstić information content (AvgIpc) is 2.46. The Morgan fingerprint density at radius 2 is 2.05 bits per heavy atom. The Balaban J connectivity index is 2.61. The summed E-state index contributed by atoms with van der Waals surface area (Å²) in [6, 6.07) is 4.88. The molecular weight excluding hydrogens is 362 g/mol. The molecule has 0 saturated carbocycles. The zero-order chi connectivity index (χ0) is 15.8. The molecule has 0 heterocycles. The van der Waals surface area contributed by atoms with E-state index in [-0.39, 0.29) is 5.11 Å². The van der Waals surface area contributed by atoms with Crippen LogP contribution in [0.3, 0.4) is 0 Å². The highest BCUT2D eigenvalue weighted by Crippen LogP contribution is 2.25. The summed E-state index contributed by atoms with van der Waals surface area (Å²) in [6.07, 6.45) is -0.726. The van der Waals surface area contributed by atoms with Gasteiger partial charge in [0.25, 0.3) is 5.91 Å². The van der Waals surface area contributed by atoms with Crippen molar-refractivity contribution in [2.24, 2.45) is 0 Å². The Bertz CT molecular complexity index is 553. The lowest BCUT2D eigenvalue weighted by Gasteiger charge is -2.11. The highest BCUT2D eigenvalue weighted by Gasteiger charge is 2.11. The summed E-state index contributed by atoms with van der Waals surface area (Å²) >= 11 is 8.16. The van der Waals surface area contributed by atoms with Gasteiger partial charge in [-0.25, -0.2) is 10.2 Å². The van der Waals surface area contributed by atoms with Gasteiger partial charge in [0.15, 0.2) is 5.11 Å². The van der Waals surface area contributed by atoms with Crippen LogP contribution in [0.2, 0.25) is 0 Å². The third-order valence-electron chi connectivity index (χ3n) is 2.18. The molecule has 114 valence electrons. The molecule has 0 fully saturated rings. The molecule has 0 aliphatic heterocycles. The maximum atomic E-state index is 11.9. The van der Waals surface area contributed by atoms with Gasteiger partial charge in [0, 0.05) is 5.56 Å². The van der Waals surface area contributed by atoms with Crippen LogP contribution in [-0.2, 0) is 4.74 Å². The molecule has 1 aromatic rings. The van der Waals surface area contributed by atoms with Crippen LogP contribution in [0.15, 0.2) is 22.7 Å². The zero-order valence-corrected chi connectivity index (χ0v) is 13.8. The molecule has 1 aromatic carbocycles. The lowest BCUT2D eigenvalue weighted by Crippen LogP contribution is -2.48. The molecule has 0 radical (unpaired) electrons. The summed E-state index contributed by atoms with van der Waals surface area (Å²) in [7, 11) is 1.20. The van der Waals surface area contributed by atoms with Crippen LogP contribution in [-0.4, -0.2) is 30.8 Å². The highest BCUT2D eigenvalue weighted by atomic mass is 79.9. The third-order valence-corrected chi connectivity index (χ3v) is 3.01. The number of thiocarbonyl (C=S) groups is 1. The fraction of sp³-hybridized carbons (Fsp3) is 0.250. The SMILES string of the molecule is CCOc1ccc(C(=O)NC(=S)NNC(=O)OC)cc1Br. The average molecular weight is 376 g/mol. The number of ether oxygens (including phenoxy) is 2. The number of carbonyl (C=O) groups is 2. The fourth-order valence-electron chi connectivity index (χ4n) is 1.28. The molecular formula is C12H14BrN3O4S. The first-order chi connectivity index (χ1) is 9.97. The van der Waals surface area contributed by atoms with Crippen molar-refractivity contribution in [2.75, 3.05) is 13.7 Å². The van der Waals surface area contributed by atoms with Crippen molar-refractivity contribution in [1.82, 2.24) is 16.2 Å². The van der Waals surface area contributed by atoms with E-state index in [0.717, 1.165) is 0 Å². The van der Waals surface area contributed by atoms with Crippen LogP contribution in [0, 0.1) is 0 Å². The number of rotatable bonds is 3. The molecule has 0 unspecified atom stereocenters. The Morgan fingerprint density at radius 3 is 2.62 bits per heavy atom. The summed E-state index contributed by atoms with van der Waals surface area (Å²) in [5.41, 5.74) is 4.83. The van der Waals surface area contributed by atoms with Gasteiger partial charge < -0.3 is 9.47 Å². The fourth-order valence-corrected chi connectivity index (χ4v) is 1.92. The zero-order valence-electron chi connectivity index (χ0n) is 11.4. The van der Waals surface area contributed by atoms with E-state index >= 15 is 0 Å². The third kappa shape index (κ3) is 5.56. The maximum Gasteiger partial charge on any atom is 0.425 e. The van der Waals surface area contributed by atoms with E-state index in [4.69, 9.17) is 17.0 Å². The normalized spacial score (nSPS) is 9.48. The summed E-state index contributed by atoms with van der Waals surface area (Å²) in [6.45, 7) is 2.39. The Labute approximate surface area is 135 Å². The number of benzene rings is 1. The molecule has 9 heteroatoms. The van der Waals surface area contributed by atoms with Crippen LogP contribution in [0.4, 0.5) is 4.79 Å². The second kappa shape index (κ2) is 8.42. The quantitative estimate of drug-likeness (QED) is 0.550. The molecule has 0 aromatic heterocycles. The van der Waals surface area contributed by atoms with E-state index in [2.05, 4.69) is 36.8 Å².